The molecule has 0 bridgehead atoms. The maximum Gasteiger partial charge on any atom is 0.310 e. The number of hydrogen-bond donors (Lipinski definition) is 0. The first-order valence-corrected chi connectivity index (χ1v) is 11.2. The van der Waals surface area contributed by atoms with Gasteiger partial charge in [-0.15, -0.1) is 6.42 Å². The standard InChI is InChI=1S/C23H20ClO3P/c1-3-18-27-28(24,25)23(19-10-6-4-7-11-19,20-12-8-5-9-13-20)21-14-16-22(26-2)17-15-21/h1,4-17H,18H2,2H3. The van der Waals surface area contributed by atoms with Gasteiger partial charge in [0.05, 0.1) is 7.11 Å². The Hall–Kier alpha value is -2.50. The van der Waals surface area contributed by atoms with Crippen LogP contribution in [0.25, 0.3) is 0 Å². The topological polar surface area (TPSA) is 35.5 Å². The molecule has 142 valence electrons. The summed E-state index contributed by atoms with van der Waals surface area (Å²) in [5.41, 5.74) is 2.23. The van der Waals surface area contributed by atoms with Crippen LogP contribution in [-0.4, -0.2) is 13.7 Å². The summed E-state index contributed by atoms with van der Waals surface area (Å²) >= 11 is 6.72. The summed E-state index contributed by atoms with van der Waals surface area (Å²) in [4.78, 5) is 0. The fraction of sp³-hybridized carbons (Fsp3) is 0.130. The van der Waals surface area contributed by atoms with E-state index >= 15 is 0 Å². The molecule has 1 unspecified atom stereocenters. The Bertz CT molecular complexity index is 956. The molecular formula is C23H20ClO3P. The minimum absolute atomic E-state index is 0.154. The van der Waals surface area contributed by atoms with E-state index in [0.717, 1.165) is 16.7 Å². The third kappa shape index (κ3) is 3.60. The van der Waals surface area contributed by atoms with Crippen molar-refractivity contribution in [1.82, 2.24) is 0 Å². The molecule has 0 heterocycles. The van der Waals surface area contributed by atoms with Crippen LogP contribution in [0.2, 0.25) is 0 Å². The van der Waals surface area contributed by atoms with Crippen molar-refractivity contribution >= 4 is 18.0 Å². The van der Waals surface area contributed by atoms with Gasteiger partial charge < -0.3 is 9.26 Å². The molecule has 5 heteroatoms. The zero-order chi connectivity index (χ0) is 20.0. The maximum absolute atomic E-state index is 14.0. The van der Waals surface area contributed by atoms with Crippen LogP contribution < -0.4 is 4.74 Å². The molecule has 0 saturated carbocycles. The van der Waals surface area contributed by atoms with Crippen molar-refractivity contribution in [2.24, 2.45) is 0 Å². The molecule has 0 aliphatic heterocycles. The highest BCUT2D eigenvalue weighted by atomic mass is 35.7. The third-order valence-corrected chi connectivity index (χ3v) is 7.70. The second kappa shape index (κ2) is 8.67. The van der Waals surface area contributed by atoms with E-state index in [1.807, 2.05) is 84.9 Å². The van der Waals surface area contributed by atoms with Gasteiger partial charge in [0.1, 0.15) is 17.5 Å². The average Bonchev–Trinajstić information content (AvgIpc) is 2.75. The minimum atomic E-state index is -3.85. The van der Waals surface area contributed by atoms with E-state index in [2.05, 4.69) is 5.92 Å². The fourth-order valence-corrected chi connectivity index (χ4v) is 6.20. The van der Waals surface area contributed by atoms with E-state index < -0.39 is 11.9 Å². The summed E-state index contributed by atoms with van der Waals surface area (Å²) in [6.07, 6.45) is 5.36. The normalized spacial score (nSPS) is 13.3. The Labute approximate surface area is 170 Å². The number of rotatable bonds is 7. The molecule has 3 aromatic carbocycles. The molecule has 0 aliphatic carbocycles. The lowest BCUT2D eigenvalue weighted by Crippen LogP contribution is -2.29. The summed E-state index contributed by atoms with van der Waals surface area (Å²) in [6.45, 7) is -4.00. The average molecular weight is 411 g/mol. The number of hydrogen-bond acceptors (Lipinski definition) is 3. The number of ether oxygens (including phenoxy) is 1. The molecule has 0 fully saturated rings. The van der Waals surface area contributed by atoms with Gasteiger partial charge in [-0.3, -0.25) is 4.57 Å². The van der Waals surface area contributed by atoms with Crippen molar-refractivity contribution in [2.75, 3.05) is 13.7 Å². The Morgan fingerprint density at radius 3 is 1.79 bits per heavy atom. The molecule has 0 aliphatic rings. The molecular weight excluding hydrogens is 391 g/mol. The molecule has 0 N–H and O–H groups in total. The number of halogens is 1. The number of terminal acetylenes is 1. The van der Waals surface area contributed by atoms with Crippen LogP contribution in [0.5, 0.6) is 5.75 Å². The Morgan fingerprint density at radius 1 is 0.893 bits per heavy atom. The lowest BCUT2D eigenvalue weighted by molar-refractivity contribution is 0.358. The van der Waals surface area contributed by atoms with Gasteiger partial charge in [-0.25, -0.2) is 0 Å². The predicted octanol–water partition coefficient (Wildman–Crippen LogP) is 6.07. The van der Waals surface area contributed by atoms with Gasteiger partial charge in [0.2, 0.25) is 0 Å². The third-order valence-electron chi connectivity index (χ3n) is 4.61. The Balaban J connectivity index is 2.38. The quantitative estimate of drug-likeness (QED) is 0.269. The molecule has 0 spiro atoms. The highest BCUT2D eigenvalue weighted by molar-refractivity contribution is 7.86. The van der Waals surface area contributed by atoms with Crippen LogP contribution in [0.15, 0.2) is 84.9 Å². The van der Waals surface area contributed by atoms with E-state index in [4.69, 9.17) is 26.9 Å². The molecule has 0 aromatic heterocycles. The second-order valence-electron chi connectivity index (χ2n) is 6.13. The van der Waals surface area contributed by atoms with Crippen LogP contribution in [0.1, 0.15) is 16.7 Å². The Kier molecular flexibility index (Phi) is 6.27. The second-order valence-corrected chi connectivity index (χ2v) is 9.35. The van der Waals surface area contributed by atoms with Crippen LogP contribution in [0, 0.1) is 12.3 Å². The van der Waals surface area contributed by atoms with E-state index in [-0.39, 0.29) is 6.61 Å². The monoisotopic (exact) mass is 410 g/mol. The van der Waals surface area contributed by atoms with Crippen molar-refractivity contribution in [2.45, 2.75) is 5.16 Å². The summed E-state index contributed by atoms with van der Waals surface area (Å²) in [5.74, 6) is 3.06. The zero-order valence-corrected chi connectivity index (χ0v) is 17.1. The highest BCUT2D eigenvalue weighted by Gasteiger charge is 2.52. The van der Waals surface area contributed by atoms with Crippen molar-refractivity contribution in [1.29, 1.82) is 0 Å². The van der Waals surface area contributed by atoms with Crippen molar-refractivity contribution in [3.63, 3.8) is 0 Å². The maximum atomic E-state index is 14.0. The highest BCUT2D eigenvalue weighted by Crippen LogP contribution is 2.73. The summed E-state index contributed by atoms with van der Waals surface area (Å²) in [6, 6.07) is 26.2. The van der Waals surface area contributed by atoms with Crippen LogP contribution in [0.4, 0.5) is 0 Å². The zero-order valence-electron chi connectivity index (χ0n) is 15.4. The van der Waals surface area contributed by atoms with Gasteiger partial charge in [0.25, 0.3) is 0 Å². The first-order valence-electron chi connectivity index (χ1n) is 8.69. The van der Waals surface area contributed by atoms with Crippen LogP contribution in [0.3, 0.4) is 0 Å². The van der Waals surface area contributed by atoms with Crippen molar-refractivity contribution in [3.05, 3.63) is 102 Å². The van der Waals surface area contributed by atoms with Gasteiger partial charge in [0, 0.05) is 0 Å². The molecule has 28 heavy (non-hydrogen) atoms. The minimum Gasteiger partial charge on any atom is -0.497 e. The summed E-state index contributed by atoms with van der Waals surface area (Å²) in [7, 11) is 1.60. The van der Waals surface area contributed by atoms with E-state index in [0.29, 0.717) is 5.75 Å². The fourth-order valence-electron chi connectivity index (χ4n) is 3.37. The van der Waals surface area contributed by atoms with Gasteiger partial charge >= 0.3 is 6.72 Å². The van der Waals surface area contributed by atoms with E-state index in [9.17, 15) is 4.57 Å². The molecule has 0 radical (unpaired) electrons. The van der Waals surface area contributed by atoms with E-state index in [1.165, 1.54) is 0 Å². The van der Waals surface area contributed by atoms with Crippen LogP contribution in [-0.2, 0) is 14.2 Å². The molecule has 3 aromatic rings. The summed E-state index contributed by atoms with van der Waals surface area (Å²) < 4.78 is 24.9. The van der Waals surface area contributed by atoms with Gasteiger partial charge in [0.15, 0.2) is 0 Å². The van der Waals surface area contributed by atoms with Gasteiger partial charge in [-0.2, -0.15) is 0 Å². The Morgan fingerprint density at radius 2 is 1.36 bits per heavy atom. The molecule has 0 saturated heterocycles. The molecule has 3 rings (SSSR count). The molecule has 0 amide bonds. The molecule has 1 atom stereocenters. The van der Waals surface area contributed by atoms with Crippen LogP contribution >= 0.6 is 18.0 Å². The predicted molar refractivity (Wildman–Crippen MR) is 114 cm³/mol. The van der Waals surface area contributed by atoms with Gasteiger partial charge in [-0.05, 0) is 40.1 Å². The number of methoxy groups -OCH3 is 1. The van der Waals surface area contributed by atoms with E-state index in [1.54, 1.807) is 7.11 Å². The van der Waals surface area contributed by atoms with Crippen molar-refractivity contribution < 1.29 is 13.8 Å². The largest absolute Gasteiger partial charge is 0.497 e. The lowest BCUT2D eigenvalue weighted by Gasteiger charge is -2.38. The first-order chi connectivity index (χ1) is 13.6. The van der Waals surface area contributed by atoms with Crippen molar-refractivity contribution in [3.8, 4) is 18.1 Å². The smallest absolute Gasteiger partial charge is 0.310 e. The SMILES string of the molecule is C#CCOP(=O)(Cl)C(c1ccccc1)(c1ccccc1)c1ccc(OC)cc1. The number of benzene rings is 3. The lowest BCUT2D eigenvalue weighted by atomic mass is 9.84. The van der Waals surface area contributed by atoms with Gasteiger partial charge in [-0.1, -0.05) is 78.7 Å². The first kappa shape index (κ1) is 20.2. The summed E-state index contributed by atoms with van der Waals surface area (Å²) in [5, 5.41) is -1.24. The molecule has 3 nitrogen and oxygen atoms in total.